The second kappa shape index (κ2) is 6.57. The fourth-order valence-corrected chi connectivity index (χ4v) is 3.51. The zero-order valence-corrected chi connectivity index (χ0v) is 14.1. The maximum Gasteiger partial charge on any atom is 0.237 e. The van der Waals surface area contributed by atoms with E-state index in [1.165, 1.54) is 0 Å². The first-order valence-corrected chi connectivity index (χ1v) is 8.78. The number of hydrogen-bond acceptors (Lipinski definition) is 5. The lowest BCUT2D eigenvalue weighted by molar-refractivity contribution is -0.133. The summed E-state index contributed by atoms with van der Waals surface area (Å²) in [6, 6.07) is 10.5. The number of nitrogens with zero attached hydrogens (tertiary/aromatic N) is 4. The number of H-pyrrole nitrogens is 1. The minimum Gasteiger partial charge on any atom is -0.382 e. The molecule has 1 aromatic carbocycles. The Bertz CT molecular complexity index is 716. The number of hydrogen-bond donors (Lipinski definition) is 2. The van der Waals surface area contributed by atoms with Gasteiger partial charge in [-0.25, -0.2) is 0 Å². The Morgan fingerprint density at radius 2 is 2.16 bits per heavy atom. The van der Waals surface area contributed by atoms with E-state index < -0.39 is 5.60 Å². The molecule has 2 fully saturated rings. The highest BCUT2D eigenvalue weighted by atomic mass is 16.3. The molecule has 2 aliphatic rings. The molecule has 1 saturated carbocycles. The first kappa shape index (κ1) is 16.2. The largest absolute Gasteiger partial charge is 0.382 e. The molecule has 2 aromatic rings. The highest BCUT2D eigenvalue weighted by molar-refractivity contribution is 5.79. The Labute approximate surface area is 146 Å². The molecular formula is C18H23N5O2. The molecule has 25 heavy (non-hydrogen) atoms. The van der Waals surface area contributed by atoms with Crippen LogP contribution >= 0.6 is 0 Å². The van der Waals surface area contributed by atoms with Crippen molar-refractivity contribution in [3.8, 4) is 0 Å². The standard InChI is InChI=1S/C18H23N5O2/c24-17(23(15-6-7-15)11-14-4-2-1-3-5-14)12-22-9-8-18(25,13-22)16-10-19-21-20-16/h1-5,10,15,25H,6-9,11-13H2,(H,19,20,21)/t18-/m0/s1. The van der Waals surface area contributed by atoms with Crippen molar-refractivity contribution >= 4 is 5.91 Å². The number of aromatic nitrogens is 3. The third-order valence-corrected chi connectivity index (χ3v) is 5.08. The topological polar surface area (TPSA) is 85.3 Å². The van der Waals surface area contributed by atoms with E-state index in [4.69, 9.17) is 0 Å². The molecule has 1 amide bonds. The molecule has 7 heteroatoms. The van der Waals surface area contributed by atoms with Crippen molar-refractivity contribution in [3.63, 3.8) is 0 Å². The number of β-amino-alcohol motifs (C(OH)–C–C–N with tert-alkyl or cyclic N) is 1. The average molecular weight is 341 g/mol. The van der Waals surface area contributed by atoms with Gasteiger partial charge in [0.25, 0.3) is 0 Å². The Morgan fingerprint density at radius 1 is 1.36 bits per heavy atom. The summed E-state index contributed by atoms with van der Waals surface area (Å²) in [5.41, 5.74) is 0.686. The Hall–Kier alpha value is -2.25. The van der Waals surface area contributed by atoms with E-state index in [0.717, 1.165) is 18.4 Å². The van der Waals surface area contributed by atoms with Gasteiger partial charge < -0.3 is 10.0 Å². The molecule has 0 bridgehead atoms. The molecule has 1 saturated heterocycles. The number of amides is 1. The molecular weight excluding hydrogens is 318 g/mol. The van der Waals surface area contributed by atoms with Crippen LogP contribution in [0.3, 0.4) is 0 Å². The third kappa shape index (κ3) is 3.57. The van der Waals surface area contributed by atoms with Crippen LogP contribution in [0.4, 0.5) is 0 Å². The minimum absolute atomic E-state index is 0.135. The number of rotatable bonds is 6. The number of carbonyl (C=O) groups excluding carboxylic acids is 1. The maximum atomic E-state index is 12.9. The zero-order chi connectivity index (χ0) is 17.3. The Morgan fingerprint density at radius 3 is 2.84 bits per heavy atom. The van der Waals surface area contributed by atoms with Gasteiger partial charge in [0.15, 0.2) is 0 Å². The lowest BCUT2D eigenvalue weighted by atomic mass is 10.0. The lowest BCUT2D eigenvalue weighted by Gasteiger charge is -2.26. The summed E-state index contributed by atoms with van der Waals surface area (Å²) < 4.78 is 0. The van der Waals surface area contributed by atoms with E-state index in [0.29, 0.717) is 44.3 Å². The number of nitrogens with one attached hydrogen (secondary N) is 1. The summed E-state index contributed by atoms with van der Waals surface area (Å²) in [7, 11) is 0. The molecule has 2 N–H and O–H groups in total. The molecule has 2 heterocycles. The van der Waals surface area contributed by atoms with Crippen LogP contribution in [-0.4, -0.2) is 61.9 Å². The van der Waals surface area contributed by atoms with Crippen LogP contribution < -0.4 is 0 Å². The van der Waals surface area contributed by atoms with Gasteiger partial charge in [0.1, 0.15) is 11.3 Å². The predicted molar refractivity (Wildman–Crippen MR) is 91.4 cm³/mol. The van der Waals surface area contributed by atoms with Crippen molar-refractivity contribution in [3.05, 3.63) is 47.8 Å². The van der Waals surface area contributed by atoms with Gasteiger partial charge in [0.05, 0.1) is 12.7 Å². The molecule has 0 spiro atoms. The second-order valence-electron chi connectivity index (χ2n) is 7.09. The van der Waals surface area contributed by atoms with Crippen LogP contribution in [0, 0.1) is 0 Å². The third-order valence-electron chi connectivity index (χ3n) is 5.08. The first-order chi connectivity index (χ1) is 12.1. The summed E-state index contributed by atoms with van der Waals surface area (Å²) in [4.78, 5) is 16.9. The van der Waals surface area contributed by atoms with E-state index >= 15 is 0 Å². The van der Waals surface area contributed by atoms with Gasteiger partial charge in [-0.15, -0.1) is 0 Å². The summed E-state index contributed by atoms with van der Waals surface area (Å²) in [5, 5.41) is 21.1. The number of aliphatic hydroxyl groups is 1. The average Bonchev–Trinajstić information content (AvgIpc) is 3.14. The monoisotopic (exact) mass is 341 g/mol. The van der Waals surface area contributed by atoms with Crippen LogP contribution in [0.2, 0.25) is 0 Å². The molecule has 0 radical (unpaired) electrons. The molecule has 4 rings (SSSR count). The van der Waals surface area contributed by atoms with Crippen molar-refractivity contribution in [1.82, 2.24) is 25.2 Å². The predicted octanol–water partition coefficient (Wildman–Crippen LogP) is 0.889. The van der Waals surface area contributed by atoms with Crippen molar-refractivity contribution in [1.29, 1.82) is 0 Å². The van der Waals surface area contributed by atoms with Gasteiger partial charge in [0, 0.05) is 25.7 Å². The van der Waals surface area contributed by atoms with E-state index in [1.54, 1.807) is 6.20 Å². The van der Waals surface area contributed by atoms with E-state index in [9.17, 15) is 9.90 Å². The van der Waals surface area contributed by atoms with Crippen LogP contribution in [-0.2, 0) is 16.9 Å². The smallest absolute Gasteiger partial charge is 0.237 e. The fraction of sp³-hybridized carbons (Fsp3) is 0.500. The highest BCUT2D eigenvalue weighted by Crippen LogP contribution is 2.31. The molecule has 1 aliphatic carbocycles. The van der Waals surface area contributed by atoms with Crippen molar-refractivity contribution in [2.75, 3.05) is 19.6 Å². The lowest BCUT2D eigenvalue weighted by Crippen LogP contribution is -2.41. The normalized spacial score (nSPS) is 23.7. The Balaban J connectivity index is 1.39. The van der Waals surface area contributed by atoms with Crippen molar-refractivity contribution in [2.24, 2.45) is 0 Å². The molecule has 7 nitrogen and oxygen atoms in total. The summed E-state index contributed by atoms with van der Waals surface area (Å²) >= 11 is 0. The van der Waals surface area contributed by atoms with Gasteiger partial charge in [-0.1, -0.05) is 30.3 Å². The maximum absolute atomic E-state index is 12.9. The van der Waals surface area contributed by atoms with Crippen LogP contribution in [0.5, 0.6) is 0 Å². The molecule has 132 valence electrons. The molecule has 1 aliphatic heterocycles. The Kier molecular flexibility index (Phi) is 4.27. The summed E-state index contributed by atoms with van der Waals surface area (Å²) in [6.07, 6.45) is 4.29. The summed E-state index contributed by atoms with van der Waals surface area (Å²) in [5.74, 6) is 0.135. The minimum atomic E-state index is -1.02. The quantitative estimate of drug-likeness (QED) is 0.815. The van der Waals surface area contributed by atoms with Crippen molar-refractivity contribution < 1.29 is 9.90 Å². The van der Waals surface area contributed by atoms with Crippen LogP contribution in [0.25, 0.3) is 0 Å². The fourth-order valence-electron chi connectivity index (χ4n) is 3.51. The second-order valence-corrected chi connectivity index (χ2v) is 7.09. The van der Waals surface area contributed by atoms with E-state index in [2.05, 4.69) is 27.5 Å². The number of likely N-dealkylation sites (tertiary alicyclic amines) is 1. The van der Waals surface area contributed by atoms with Gasteiger partial charge >= 0.3 is 0 Å². The SMILES string of the molecule is O=C(CN1CC[C@@](O)(c2cn[nH]n2)C1)N(Cc1ccccc1)C1CC1. The van der Waals surface area contributed by atoms with Crippen LogP contribution in [0.15, 0.2) is 36.5 Å². The van der Waals surface area contributed by atoms with Gasteiger partial charge in [-0.2, -0.15) is 15.4 Å². The molecule has 0 unspecified atom stereocenters. The molecule has 1 aromatic heterocycles. The van der Waals surface area contributed by atoms with E-state index in [1.807, 2.05) is 28.0 Å². The molecule has 1 atom stereocenters. The highest BCUT2D eigenvalue weighted by Gasteiger charge is 2.41. The van der Waals surface area contributed by atoms with Gasteiger partial charge in [-0.3, -0.25) is 9.69 Å². The van der Waals surface area contributed by atoms with Gasteiger partial charge in [0.2, 0.25) is 5.91 Å². The van der Waals surface area contributed by atoms with Crippen LogP contribution in [0.1, 0.15) is 30.5 Å². The number of carbonyl (C=O) groups is 1. The number of benzene rings is 1. The number of aromatic amines is 1. The van der Waals surface area contributed by atoms with Gasteiger partial charge in [-0.05, 0) is 24.8 Å². The first-order valence-electron chi connectivity index (χ1n) is 8.78. The zero-order valence-electron chi connectivity index (χ0n) is 14.1. The summed E-state index contributed by atoms with van der Waals surface area (Å²) in [6.45, 7) is 2.09. The van der Waals surface area contributed by atoms with Crippen molar-refractivity contribution in [2.45, 2.75) is 37.5 Å². The van der Waals surface area contributed by atoms with E-state index in [-0.39, 0.29) is 5.91 Å².